The van der Waals surface area contributed by atoms with E-state index in [1.165, 1.54) is 10.6 Å². The van der Waals surface area contributed by atoms with Gasteiger partial charge in [0.15, 0.2) is 11.5 Å². The average Bonchev–Trinajstić information content (AvgIpc) is 3.02. The average molecular weight is 367 g/mol. The molecule has 0 saturated heterocycles. The molecule has 0 aliphatic heterocycles. The summed E-state index contributed by atoms with van der Waals surface area (Å²) in [6.45, 7) is 1.96. The predicted octanol–water partition coefficient (Wildman–Crippen LogP) is 2.55. The van der Waals surface area contributed by atoms with Crippen molar-refractivity contribution in [2.45, 2.75) is 13.5 Å². The Morgan fingerprint density at radius 2 is 1.62 bits per heavy atom. The predicted molar refractivity (Wildman–Crippen MR) is 100 cm³/mol. The number of para-hydroxylation sites is 1. The van der Waals surface area contributed by atoms with Crippen molar-refractivity contribution in [2.24, 2.45) is 0 Å². The normalized spacial score (nSPS) is 11.9. The van der Waals surface area contributed by atoms with E-state index in [2.05, 4.69) is 15.3 Å². The maximum Gasteiger partial charge on any atom is 0.232 e. The largest absolute Gasteiger partial charge is 0.263 e. The minimum absolute atomic E-state index is 0.0504. The van der Waals surface area contributed by atoms with Crippen LogP contribution >= 0.6 is 0 Å². The second-order valence-electron chi connectivity index (χ2n) is 6.09. The first-order valence-electron chi connectivity index (χ1n) is 8.07. The molecule has 26 heavy (non-hydrogen) atoms. The van der Waals surface area contributed by atoms with Gasteiger partial charge in [0.2, 0.25) is 10.0 Å². The first-order valence-corrected chi connectivity index (χ1v) is 9.92. The summed E-state index contributed by atoms with van der Waals surface area (Å²) in [5.74, 6) is 0.461. The second kappa shape index (κ2) is 6.06. The van der Waals surface area contributed by atoms with Crippen molar-refractivity contribution in [2.75, 3.05) is 10.6 Å². The van der Waals surface area contributed by atoms with Crippen LogP contribution < -0.4 is 4.31 Å². The first kappa shape index (κ1) is 16.5. The molecule has 0 radical (unpaired) electrons. The molecule has 0 saturated carbocycles. The Hall–Kier alpha value is -3.00. The van der Waals surface area contributed by atoms with Gasteiger partial charge in [0.05, 0.1) is 24.2 Å². The molecule has 0 aliphatic carbocycles. The molecule has 0 aliphatic rings. The molecule has 0 spiro atoms. The van der Waals surface area contributed by atoms with E-state index >= 15 is 0 Å². The van der Waals surface area contributed by atoms with Crippen molar-refractivity contribution in [3.05, 3.63) is 66.1 Å². The van der Waals surface area contributed by atoms with Gasteiger partial charge in [-0.05, 0) is 19.1 Å². The minimum Gasteiger partial charge on any atom is -0.263 e. The van der Waals surface area contributed by atoms with E-state index in [1.807, 2.05) is 37.3 Å². The molecule has 0 fully saturated rings. The highest BCUT2D eigenvalue weighted by molar-refractivity contribution is 7.92. The lowest BCUT2D eigenvalue weighted by molar-refractivity contribution is 0.594. The second-order valence-corrected chi connectivity index (χ2v) is 7.99. The minimum atomic E-state index is -3.49. The van der Waals surface area contributed by atoms with Gasteiger partial charge >= 0.3 is 0 Å². The number of rotatable bonds is 4. The molecule has 2 aromatic carbocycles. The van der Waals surface area contributed by atoms with E-state index in [9.17, 15) is 8.42 Å². The number of hydrogen-bond acceptors (Lipinski definition) is 5. The molecule has 0 N–H and O–H groups in total. The molecular formula is C18H17N5O2S. The van der Waals surface area contributed by atoms with Gasteiger partial charge in [-0.15, -0.1) is 10.2 Å². The Balaban J connectivity index is 1.86. The van der Waals surface area contributed by atoms with Crippen LogP contribution in [0.25, 0.3) is 16.4 Å². The van der Waals surface area contributed by atoms with E-state index in [4.69, 9.17) is 0 Å². The summed E-state index contributed by atoms with van der Waals surface area (Å²) in [5.41, 5.74) is 2.02. The van der Waals surface area contributed by atoms with E-state index < -0.39 is 10.0 Å². The SMILES string of the molecule is Cc1nn2c(CN(c3ccccc3)S(C)(=O)=O)nnc2c2ccccc12. The van der Waals surface area contributed by atoms with Gasteiger partial charge in [-0.1, -0.05) is 42.5 Å². The summed E-state index contributed by atoms with van der Waals surface area (Å²) in [4.78, 5) is 0. The van der Waals surface area contributed by atoms with Crippen LogP contribution in [0.2, 0.25) is 0 Å². The van der Waals surface area contributed by atoms with Crippen molar-refractivity contribution in [3.8, 4) is 0 Å². The first-order chi connectivity index (χ1) is 12.4. The van der Waals surface area contributed by atoms with Crippen LogP contribution in [0.1, 0.15) is 11.5 Å². The molecule has 0 bridgehead atoms. The maximum absolute atomic E-state index is 12.3. The van der Waals surface area contributed by atoms with Gasteiger partial charge < -0.3 is 0 Å². The summed E-state index contributed by atoms with van der Waals surface area (Å²) in [7, 11) is -3.49. The topological polar surface area (TPSA) is 80.5 Å². The van der Waals surface area contributed by atoms with Crippen molar-refractivity contribution >= 4 is 32.1 Å². The van der Waals surface area contributed by atoms with Crippen LogP contribution in [-0.4, -0.2) is 34.5 Å². The third kappa shape index (κ3) is 2.78. The summed E-state index contributed by atoms with van der Waals surface area (Å²) < 4.78 is 27.6. The lowest BCUT2D eigenvalue weighted by Crippen LogP contribution is -2.30. The number of aromatic nitrogens is 4. The number of nitrogens with zero attached hydrogens (tertiary/aromatic N) is 5. The van der Waals surface area contributed by atoms with E-state index in [0.717, 1.165) is 16.5 Å². The highest BCUT2D eigenvalue weighted by Crippen LogP contribution is 2.23. The van der Waals surface area contributed by atoms with Crippen molar-refractivity contribution in [1.82, 2.24) is 19.8 Å². The van der Waals surface area contributed by atoms with Crippen LogP contribution in [0, 0.1) is 6.92 Å². The number of hydrogen-bond donors (Lipinski definition) is 0. The van der Waals surface area contributed by atoms with Crippen LogP contribution in [0.5, 0.6) is 0 Å². The molecule has 0 atom stereocenters. The summed E-state index contributed by atoms with van der Waals surface area (Å²) in [6.07, 6.45) is 1.18. The number of sulfonamides is 1. The van der Waals surface area contributed by atoms with Crippen LogP contribution in [0.4, 0.5) is 5.69 Å². The number of benzene rings is 2. The third-order valence-corrected chi connectivity index (χ3v) is 5.38. The number of fused-ring (bicyclic) bond motifs is 3. The Morgan fingerprint density at radius 1 is 0.962 bits per heavy atom. The van der Waals surface area contributed by atoms with Gasteiger partial charge in [0.25, 0.3) is 0 Å². The molecule has 4 rings (SSSR count). The van der Waals surface area contributed by atoms with Crippen molar-refractivity contribution in [1.29, 1.82) is 0 Å². The van der Waals surface area contributed by atoms with E-state index in [0.29, 0.717) is 17.2 Å². The molecule has 2 aromatic heterocycles. The Kier molecular flexibility index (Phi) is 3.84. The highest BCUT2D eigenvalue weighted by Gasteiger charge is 2.21. The zero-order chi connectivity index (χ0) is 18.3. The van der Waals surface area contributed by atoms with Crippen LogP contribution in [0.15, 0.2) is 54.6 Å². The zero-order valence-electron chi connectivity index (χ0n) is 14.4. The smallest absolute Gasteiger partial charge is 0.232 e. The fraction of sp³-hybridized carbons (Fsp3) is 0.167. The highest BCUT2D eigenvalue weighted by atomic mass is 32.2. The summed E-state index contributed by atoms with van der Waals surface area (Å²) in [5, 5.41) is 15.0. The fourth-order valence-electron chi connectivity index (χ4n) is 3.00. The van der Waals surface area contributed by atoms with Crippen LogP contribution in [-0.2, 0) is 16.6 Å². The molecule has 4 aromatic rings. The fourth-order valence-corrected chi connectivity index (χ4v) is 3.86. The van der Waals surface area contributed by atoms with Gasteiger partial charge in [-0.2, -0.15) is 9.61 Å². The number of aryl methyl sites for hydroxylation is 1. The molecular weight excluding hydrogens is 350 g/mol. The van der Waals surface area contributed by atoms with E-state index in [1.54, 1.807) is 28.8 Å². The van der Waals surface area contributed by atoms with E-state index in [-0.39, 0.29) is 6.54 Å². The van der Waals surface area contributed by atoms with Crippen molar-refractivity contribution < 1.29 is 8.42 Å². The molecule has 7 nitrogen and oxygen atoms in total. The third-order valence-electron chi connectivity index (χ3n) is 4.24. The quantitative estimate of drug-likeness (QED) is 0.554. The summed E-state index contributed by atoms with van der Waals surface area (Å²) in [6, 6.07) is 16.8. The van der Waals surface area contributed by atoms with Crippen LogP contribution in [0.3, 0.4) is 0 Å². The monoisotopic (exact) mass is 367 g/mol. The Morgan fingerprint density at radius 3 is 2.31 bits per heavy atom. The van der Waals surface area contributed by atoms with Gasteiger partial charge in [-0.25, -0.2) is 8.42 Å². The summed E-state index contributed by atoms with van der Waals surface area (Å²) >= 11 is 0. The molecule has 0 amide bonds. The maximum atomic E-state index is 12.3. The zero-order valence-corrected chi connectivity index (χ0v) is 15.2. The molecule has 8 heteroatoms. The lowest BCUT2D eigenvalue weighted by Gasteiger charge is -2.21. The van der Waals surface area contributed by atoms with Gasteiger partial charge in [0.1, 0.15) is 0 Å². The van der Waals surface area contributed by atoms with Gasteiger partial charge in [0, 0.05) is 10.8 Å². The standard InChI is InChI=1S/C18H17N5O2S/c1-13-15-10-6-7-11-16(15)18-20-19-17(23(18)21-13)12-22(26(2,24)25)14-8-4-3-5-9-14/h3-11H,12H2,1-2H3. The number of anilines is 1. The van der Waals surface area contributed by atoms with Crippen molar-refractivity contribution in [3.63, 3.8) is 0 Å². The Bertz CT molecular complexity index is 1200. The molecule has 0 unspecified atom stereocenters. The van der Waals surface area contributed by atoms with Gasteiger partial charge in [-0.3, -0.25) is 4.31 Å². The lowest BCUT2D eigenvalue weighted by atomic mass is 10.1. The molecule has 2 heterocycles. The molecule has 132 valence electrons. The Labute approximate surface area is 150 Å².